The third-order valence-electron chi connectivity index (χ3n) is 2.10. The van der Waals surface area contributed by atoms with E-state index in [0.29, 0.717) is 23.3 Å². The molecule has 17 heavy (non-hydrogen) atoms. The Morgan fingerprint density at radius 3 is 2.59 bits per heavy atom. The van der Waals surface area contributed by atoms with Crippen LogP contribution >= 0.6 is 27.5 Å². The van der Waals surface area contributed by atoms with E-state index in [-0.39, 0.29) is 0 Å². The van der Waals surface area contributed by atoms with Gasteiger partial charge in [0, 0.05) is 17.1 Å². The van der Waals surface area contributed by atoms with Gasteiger partial charge < -0.3 is 10.5 Å². The molecule has 1 aromatic heterocycles. The summed E-state index contributed by atoms with van der Waals surface area (Å²) in [5.74, 6) is 1.14. The lowest BCUT2D eigenvalue weighted by molar-refractivity contribution is 0.462. The highest BCUT2D eigenvalue weighted by molar-refractivity contribution is 9.10. The third kappa shape index (κ3) is 3.43. The molecular weight excluding hydrogens is 304 g/mol. The van der Waals surface area contributed by atoms with Gasteiger partial charge in [-0.25, -0.2) is 4.98 Å². The Hall–Kier alpha value is -1.10. The summed E-state index contributed by atoms with van der Waals surface area (Å²) >= 11 is 9.22. The molecule has 0 atom stereocenters. The minimum atomic E-state index is 0.375. The molecule has 3 nitrogen and oxygen atoms in total. The van der Waals surface area contributed by atoms with Crippen molar-refractivity contribution in [3.63, 3.8) is 0 Å². The summed E-state index contributed by atoms with van der Waals surface area (Å²) in [7, 11) is 0. The Kier molecular flexibility index (Phi) is 3.99. The highest BCUT2D eigenvalue weighted by Gasteiger charge is 2.03. The summed E-state index contributed by atoms with van der Waals surface area (Å²) in [6, 6.07) is 11.0. The average molecular weight is 314 g/mol. The monoisotopic (exact) mass is 312 g/mol. The van der Waals surface area contributed by atoms with Crippen molar-refractivity contribution in [3.05, 3.63) is 51.6 Å². The number of aromatic nitrogens is 1. The van der Waals surface area contributed by atoms with Crippen LogP contribution < -0.4 is 10.5 Å². The zero-order valence-corrected chi connectivity index (χ0v) is 11.2. The van der Waals surface area contributed by atoms with Gasteiger partial charge in [0.15, 0.2) is 0 Å². The van der Waals surface area contributed by atoms with Gasteiger partial charge in [0.1, 0.15) is 10.9 Å². The number of hydrogen-bond donors (Lipinski definition) is 1. The molecule has 0 spiro atoms. The Balaban J connectivity index is 2.23. The lowest BCUT2D eigenvalue weighted by atomic mass is 10.3. The quantitative estimate of drug-likeness (QED) is 0.878. The van der Waals surface area contributed by atoms with Crippen molar-refractivity contribution in [1.29, 1.82) is 0 Å². The van der Waals surface area contributed by atoms with E-state index in [2.05, 4.69) is 20.9 Å². The lowest BCUT2D eigenvalue weighted by Gasteiger charge is -2.06. The van der Waals surface area contributed by atoms with Gasteiger partial charge in [-0.15, -0.1) is 0 Å². The van der Waals surface area contributed by atoms with Crippen molar-refractivity contribution in [3.8, 4) is 11.6 Å². The SMILES string of the molecule is NCc1cc(Cl)nc(Oc2ccc(Br)cc2)c1. The molecule has 0 aliphatic carbocycles. The number of hydrogen-bond acceptors (Lipinski definition) is 3. The summed E-state index contributed by atoms with van der Waals surface area (Å²) in [6.45, 7) is 0.402. The van der Waals surface area contributed by atoms with Crippen molar-refractivity contribution >= 4 is 27.5 Å². The molecule has 0 amide bonds. The number of ether oxygens (including phenoxy) is 1. The Morgan fingerprint density at radius 1 is 1.24 bits per heavy atom. The summed E-state index contributed by atoms with van der Waals surface area (Å²) < 4.78 is 6.58. The first-order valence-electron chi connectivity index (χ1n) is 4.97. The van der Waals surface area contributed by atoms with Crippen molar-refractivity contribution in [2.75, 3.05) is 0 Å². The molecule has 0 saturated heterocycles. The Morgan fingerprint density at radius 2 is 1.94 bits per heavy atom. The summed E-state index contributed by atoms with van der Waals surface area (Å²) in [4.78, 5) is 4.08. The number of benzene rings is 1. The molecule has 0 bridgehead atoms. The summed E-state index contributed by atoms with van der Waals surface area (Å²) in [5, 5.41) is 0.375. The molecule has 0 aliphatic rings. The first-order chi connectivity index (χ1) is 8.17. The van der Waals surface area contributed by atoms with Gasteiger partial charge in [-0.05, 0) is 35.9 Å². The van der Waals surface area contributed by atoms with Crippen LogP contribution in [0.3, 0.4) is 0 Å². The maximum absolute atomic E-state index is 5.87. The van der Waals surface area contributed by atoms with Crippen LogP contribution in [0.4, 0.5) is 0 Å². The molecule has 0 aliphatic heterocycles. The van der Waals surface area contributed by atoms with Crippen LogP contribution in [0.15, 0.2) is 40.9 Å². The van der Waals surface area contributed by atoms with Crippen molar-refractivity contribution in [2.24, 2.45) is 5.73 Å². The van der Waals surface area contributed by atoms with E-state index in [1.54, 1.807) is 12.1 Å². The fraction of sp³-hybridized carbons (Fsp3) is 0.0833. The molecule has 5 heteroatoms. The highest BCUT2D eigenvalue weighted by atomic mass is 79.9. The number of rotatable bonds is 3. The number of nitrogens with two attached hydrogens (primary N) is 1. The summed E-state index contributed by atoms with van der Waals surface area (Å²) in [6.07, 6.45) is 0. The molecule has 88 valence electrons. The Labute approximate surface area is 113 Å². The fourth-order valence-corrected chi connectivity index (χ4v) is 1.80. The van der Waals surface area contributed by atoms with Crippen LogP contribution in [0.5, 0.6) is 11.6 Å². The maximum atomic E-state index is 5.87. The molecule has 2 aromatic rings. The first kappa shape index (κ1) is 12.4. The second kappa shape index (κ2) is 5.49. The minimum absolute atomic E-state index is 0.375. The number of halogens is 2. The normalized spacial score (nSPS) is 10.3. The number of pyridine rings is 1. The smallest absolute Gasteiger partial charge is 0.220 e. The largest absolute Gasteiger partial charge is 0.439 e. The van der Waals surface area contributed by atoms with Gasteiger partial charge in [0.25, 0.3) is 0 Å². The second-order valence-electron chi connectivity index (χ2n) is 3.40. The van der Waals surface area contributed by atoms with Gasteiger partial charge in [0.05, 0.1) is 0 Å². The average Bonchev–Trinajstić information content (AvgIpc) is 2.31. The third-order valence-corrected chi connectivity index (χ3v) is 2.82. The van der Waals surface area contributed by atoms with Crippen LogP contribution in [-0.2, 0) is 6.54 Å². The van der Waals surface area contributed by atoms with E-state index in [4.69, 9.17) is 22.1 Å². The zero-order chi connectivity index (χ0) is 12.3. The van der Waals surface area contributed by atoms with Gasteiger partial charge >= 0.3 is 0 Å². The van der Waals surface area contributed by atoms with Crippen molar-refractivity contribution in [2.45, 2.75) is 6.54 Å². The van der Waals surface area contributed by atoms with Crippen LogP contribution in [0.1, 0.15) is 5.56 Å². The van der Waals surface area contributed by atoms with E-state index < -0.39 is 0 Å². The van der Waals surface area contributed by atoms with Crippen molar-refractivity contribution in [1.82, 2.24) is 4.98 Å². The van der Waals surface area contributed by atoms with E-state index in [1.165, 1.54) is 0 Å². The van der Waals surface area contributed by atoms with Gasteiger partial charge in [-0.1, -0.05) is 27.5 Å². The minimum Gasteiger partial charge on any atom is -0.439 e. The predicted octanol–water partition coefficient (Wildman–Crippen LogP) is 3.75. The molecule has 1 heterocycles. The zero-order valence-electron chi connectivity index (χ0n) is 8.86. The van der Waals surface area contributed by atoms with Crippen LogP contribution in [0.2, 0.25) is 5.15 Å². The van der Waals surface area contributed by atoms with E-state index in [9.17, 15) is 0 Å². The highest BCUT2D eigenvalue weighted by Crippen LogP contribution is 2.24. The lowest BCUT2D eigenvalue weighted by Crippen LogP contribution is -1.98. The second-order valence-corrected chi connectivity index (χ2v) is 4.70. The molecule has 2 N–H and O–H groups in total. The predicted molar refractivity (Wildman–Crippen MR) is 71.4 cm³/mol. The Bertz CT molecular complexity index is 516. The fourth-order valence-electron chi connectivity index (χ4n) is 1.32. The molecular formula is C12H10BrClN2O. The first-order valence-corrected chi connectivity index (χ1v) is 6.14. The molecule has 0 fully saturated rings. The van der Waals surface area contributed by atoms with Crippen LogP contribution in [-0.4, -0.2) is 4.98 Å². The van der Waals surface area contributed by atoms with Gasteiger partial charge in [-0.3, -0.25) is 0 Å². The van der Waals surface area contributed by atoms with Gasteiger partial charge in [0.2, 0.25) is 5.88 Å². The molecule has 2 rings (SSSR count). The molecule has 0 radical (unpaired) electrons. The maximum Gasteiger partial charge on any atom is 0.220 e. The standard InChI is InChI=1S/C12H10BrClN2O/c13-9-1-3-10(4-2-9)17-12-6-8(7-15)5-11(14)16-12/h1-6H,7,15H2. The van der Waals surface area contributed by atoms with Gasteiger partial charge in [-0.2, -0.15) is 0 Å². The molecule has 0 saturated carbocycles. The summed E-state index contributed by atoms with van der Waals surface area (Å²) in [5.41, 5.74) is 6.44. The van der Waals surface area contributed by atoms with Crippen LogP contribution in [0.25, 0.3) is 0 Å². The topological polar surface area (TPSA) is 48.1 Å². The molecule has 0 unspecified atom stereocenters. The number of nitrogens with zero attached hydrogens (tertiary/aromatic N) is 1. The van der Waals surface area contributed by atoms with E-state index in [0.717, 1.165) is 10.0 Å². The van der Waals surface area contributed by atoms with E-state index >= 15 is 0 Å². The molecule has 1 aromatic carbocycles. The van der Waals surface area contributed by atoms with Crippen molar-refractivity contribution < 1.29 is 4.74 Å². The van der Waals surface area contributed by atoms with E-state index in [1.807, 2.05) is 24.3 Å². The van der Waals surface area contributed by atoms with Crippen LogP contribution in [0, 0.1) is 0 Å².